The maximum Gasteiger partial charge on any atom is 0.274 e. The summed E-state index contributed by atoms with van der Waals surface area (Å²) in [4.78, 5) is 16.8. The van der Waals surface area contributed by atoms with Crippen molar-refractivity contribution in [3.63, 3.8) is 0 Å². The normalized spacial score (nSPS) is 16.5. The summed E-state index contributed by atoms with van der Waals surface area (Å²) in [5.74, 6) is -0.217. The molecule has 0 saturated carbocycles. The molecule has 1 heterocycles. The summed E-state index contributed by atoms with van der Waals surface area (Å²) in [5, 5.41) is 3.27. The molecule has 1 fully saturated rings. The van der Waals surface area contributed by atoms with Gasteiger partial charge in [-0.3, -0.25) is 9.63 Å². The van der Waals surface area contributed by atoms with Crippen molar-refractivity contribution >= 4 is 5.91 Å². The summed E-state index contributed by atoms with van der Waals surface area (Å²) >= 11 is 0. The molecule has 0 unspecified atom stereocenters. The lowest BCUT2D eigenvalue weighted by atomic mass is 10.00. The number of hydrogen-bond donors (Lipinski definition) is 2. The molecule has 1 amide bonds. The lowest BCUT2D eigenvalue weighted by Crippen LogP contribution is -2.33. The fourth-order valence-electron chi connectivity index (χ4n) is 1.93. The van der Waals surface area contributed by atoms with Gasteiger partial charge in [0.15, 0.2) is 0 Å². The topological polar surface area (TPSA) is 50.4 Å². The predicted molar refractivity (Wildman–Crippen MR) is 65.4 cm³/mol. The van der Waals surface area contributed by atoms with Gasteiger partial charge in [-0.05, 0) is 56.1 Å². The van der Waals surface area contributed by atoms with Crippen molar-refractivity contribution in [1.29, 1.82) is 0 Å². The predicted octanol–water partition coefficient (Wildman–Crippen LogP) is 1.49. The minimum atomic E-state index is -0.359. The standard InChI is InChI=1S/C13H17FN2O2/c14-12-3-1-11(2-4-12)13(17)16-18-9-10-5-7-15-8-6-10/h1-4,10,15H,5-9H2,(H,16,17). The van der Waals surface area contributed by atoms with Gasteiger partial charge in [-0.2, -0.15) is 0 Å². The van der Waals surface area contributed by atoms with Gasteiger partial charge < -0.3 is 5.32 Å². The SMILES string of the molecule is O=C(NOCC1CCNCC1)c1ccc(F)cc1. The summed E-state index contributed by atoms with van der Waals surface area (Å²) in [6.07, 6.45) is 2.12. The molecule has 1 aliphatic heterocycles. The third-order valence-corrected chi connectivity index (χ3v) is 3.05. The first-order valence-electron chi connectivity index (χ1n) is 6.14. The fraction of sp³-hybridized carbons (Fsp3) is 0.462. The second-order valence-electron chi connectivity index (χ2n) is 4.44. The number of piperidine rings is 1. The molecule has 4 nitrogen and oxygen atoms in total. The summed E-state index contributed by atoms with van der Waals surface area (Å²) in [5.41, 5.74) is 2.77. The van der Waals surface area contributed by atoms with Gasteiger partial charge in [0.2, 0.25) is 0 Å². The molecular formula is C13H17FN2O2. The van der Waals surface area contributed by atoms with Gasteiger partial charge in [0.1, 0.15) is 5.82 Å². The maximum atomic E-state index is 12.7. The van der Waals surface area contributed by atoms with Crippen LogP contribution in [0.2, 0.25) is 0 Å². The van der Waals surface area contributed by atoms with Crippen LogP contribution >= 0.6 is 0 Å². The van der Waals surface area contributed by atoms with E-state index in [1.54, 1.807) is 0 Å². The first kappa shape index (κ1) is 13.0. The number of amides is 1. The molecule has 0 spiro atoms. The van der Waals surface area contributed by atoms with E-state index in [-0.39, 0.29) is 11.7 Å². The Bertz CT molecular complexity index is 388. The highest BCUT2D eigenvalue weighted by Crippen LogP contribution is 2.11. The molecule has 0 atom stereocenters. The lowest BCUT2D eigenvalue weighted by molar-refractivity contribution is 0.0118. The Balaban J connectivity index is 1.72. The molecular weight excluding hydrogens is 235 g/mol. The van der Waals surface area contributed by atoms with E-state index in [0.717, 1.165) is 25.9 Å². The number of carbonyl (C=O) groups is 1. The third kappa shape index (κ3) is 3.78. The van der Waals surface area contributed by atoms with Gasteiger partial charge in [-0.1, -0.05) is 0 Å². The number of hydrogen-bond acceptors (Lipinski definition) is 3. The van der Waals surface area contributed by atoms with Gasteiger partial charge in [-0.15, -0.1) is 0 Å². The largest absolute Gasteiger partial charge is 0.317 e. The number of carbonyl (C=O) groups excluding carboxylic acids is 1. The van der Waals surface area contributed by atoms with E-state index >= 15 is 0 Å². The van der Waals surface area contributed by atoms with Crippen LogP contribution in [-0.2, 0) is 4.84 Å². The van der Waals surface area contributed by atoms with Crippen LogP contribution in [0.3, 0.4) is 0 Å². The van der Waals surface area contributed by atoms with Gasteiger partial charge in [-0.25, -0.2) is 9.87 Å². The maximum absolute atomic E-state index is 12.7. The first-order chi connectivity index (χ1) is 8.75. The summed E-state index contributed by atoms with van der Waals surface area (Å²) in [7, 11) is 0. The number of nitrogens with one attached hydrogen (secondary N) is 2. The van der Waals surface area contributed by atoms with Crippen molar-refractivity contribution in [3.8, 4) is 0 Å². The fourth-order valence-corrected chi connectivity index (χ4v) is 1.93. The summed E-state index contributed by atoms with van der Waals surface area (Å²) < 4.78 is 12.7. The first-order valence-corrected chi connectivity index (χ1v) is 6.14. The average molecular weight is 252 g/mol. The summed E-state index contributed by atoms with van der Waals surface area (Å²) in [6.45, 7) is 2.52. The monoisotopic (exact) mass is 252 g/mol. The second-order valence-corrected chi connectivity index (χ2v) is 4.44. The van der Waals surface area contributed by atoms with Crippen molar-refractivity contribution in [2.45, 2.75) is 12.8 Å². The van der Waals surface area contributed by atoms with Crippen molar-refractivity contribution in [1.82, 2.24) is 10.8 Å². The number of rotatable bonds is 4. The van der Waals surface area contributed by atoms with Crippen LogP contribution in [0.15, 0.2) is 24.3 Å². The molecule has 1 saturated heterocycles. The van der Waals surface area contributed by atoms with Crippen molar-refractivity contribution in [2.75, 3.05) is 19.7 Å². The molecule has 0 aromatic heterocycles. The van der Waals surface area contributed by atoms with E-state index < -0.39 is 0 Å². The Morgan fingerprint density at radius 1 is 1.33 bits per heavy atom. The minimum Gasteiger partial charge on any atom is -0.317 e. The number of hydroxylamine groups is 1. The van der Waals surface area contributed by atoms with E-state index in [1.165, 1.54) is 24.3 Å². The zero-order valence-corrected chi connectivity index (χ0v) is 10.1. The Morgan fingerprint density at radius 2 is 2.00 bits per heavy atom. The Kier molecular flexibility index (Phi) is 4.66. The van der Waals surface area contributed by atoms with E-state index in [2.05, 4.69) is 10.8 Å². The van der Waals surface area contributed by atoms with E-state index in [9.17, 15) is 9.18 Å². The summed E-state index contributed by atoms with van der Waals surface area (Å²) in [6, 6.07) is 5.36. The van der Waals surface area contributed by atoms with E-state index in [4.69, 9.17) is 4.84 Å². The molecule has 0 radical (unpaired) electrons. The molecule has 1 aromatic carbocycles. The van der Waals surface area contributed by atoms with Crippen LogP contribution in [0.4, 0.5) is 4.39 Å². The van der Waals surface area contributed by atoms with Crippen LogP contribution in [0, 0.1) is 11.7 Å². The van der Waals surface area contributed by atoms with Crippen molar-refractivity contribution < 1.29 is 14.0 Å². The molecule has 1 aliphatic rings. The number of halogens is 1. The second kappa shape index (κ2) is 6.47. The smallest absolute Gasteiger partial charge is 0.274 e. The molecule has 5 heteroatoms. The molecule has 0 aliphatic carbocycles. The quantitative estimate of drug-likeness (QED) is 0.798. The average Bonchev–Trinajstić information content (AvgIpc) is 2.40. The van der Waals surface area contributed by atoms with Gasteiger partial charge in [0.05, 0.1) is 6.61 Å². The van der Waals surface area contributed by atoms with E-state index in [0.29, 0.717) is 18.1 Å². The highest BCUT2D eigenvalue weighted by atomic mass is 19.1. The van der Waals surface area contributed by atoms with Crippen LogP contribution in [-0.4, -0.2) is 25.6 Å². The van der Waals surface area contributed by atoms with Gasteiger partial charge >= 0.3 is 0 Å². The van der Waals surface area contributed by atoms with Gasteiger partial charge in [0.25, 0.3) is 5.91 Å². The highest BCUT2D eigenvalue weighted by Gasteiger charge is 2.14. The lowest BCUT2D eigenvalue weighted by Gasteiger charge is -2.21. The Morgan fingerprint density at radius 3 is 2.67 bits per heavy atom. The highest BCUT2D eigenvalue weighted by molar-refractivity contribution is 5.93. The van der Waals surface area contributed by atoms with Crippen LogP contribution < -0.4 is 10.8 Å². The van der Waals surface area contributed by atoms with Crippen LogP contribution in [0.5, 0.6) is 0 Å². The Hall–Kier alpha value is -1.46. The van der Waals surface area contributed by atoms with Gasteiger partial charge in [0, 0.05) is 5.56 Å². The van der Waals surface area contributed by atoms with Crippen LogP contribution in [0.25, 0.3) is 0 Å². The number of benzene rings is 1. The molecule has 98 valence electrons. The van der Waals surface area contributed by atoms with E-state index in [1.807, 2.05) is 0 Å². The third-order valence-electron chi connectivity index (χ3n) is 3.05. The van der Waals surface area contributed by atoms with Crippen LogP contribution in [0.1, 0.15) is 23.2 Å². The zero-order chi connectivity index (χ0) is 12.8. The minimum absolute atomic E-state index is 0.344. The molecule has 2 N–H and O–H groups in total. The molecule has 18 heavy (non-hydrogen) atoms. The Labute approximate surface area is 105 Å². The molecule has 0 bridgehead atoms. The molecule has 2 rings (SSSR count). The van der Waals surface area contributed by atoms with Crippen molar-refractivity contribution in [3.05, 3.63) is 35.6 Å². The molecule has 1 aromatic rings. The van der Waals surface area contributed by atoms with Crippen molar-refractivity contribution in [2.24, 2.45) is 5.92 Å². The zero-order valence-electron chi connectivity index (χ0n) is 10.1.